The Labute approximate surface area is 108 Å². The molecule has 2 heterocycles. The Balaban J connectivity index is 1.84. The lowest BCUT2D eigenvalue weighted by Gasteiger charge is -2.33. The van der Waals surface area contributed by atoms with Crippen molar-refractivity contribution in [1.29, 1.82) is 0 Å². The summed E-state index contributed by atoms with van der Waals surface area (Å²) in [5.74, 6) is 0.249. The van der Waals surface area contributed by atoms with Gasteiger partial charge in [-0.1, -0.05) is 6.92 Å². The number of hydrogen-bond acceptors (Lipinski definition) is 4. The predicted molar refractivity (Wildman–Crippen MR) is 67.2 cm³/mol. The van der Waals surface area contributed by atoms with Gasteiger partial charge in [-0.25, -0.2) is 13.2 Å². The molecule has 0 aromatic rings. The van der Waals surface area contributed by atoms with Crippen LogP contribution in [0.4, 0.5) is 4.79 Å². The van der Waals surface area contributed by atoms with Gasteiger partial charge in [-0.3, -0.25) is 0 Å². The van der Waals surface area contributed by atoms with E-state index in [1.54, 1.807) is 4.90 Å². The molecule has 2 amide bonds. The van der Waals surface area contributed by atoms with E-state index in [0.717, 1.165) is 6.42 Å². The van der Waals surface area contributed by atoms with Gasteiger partial charge in [0.15, 0.2) is 9.84 Å². The minimum Gasteiger partial charge on any atom is -0.375 e. The SMILES string of the molecule is CCC1CN(C(=O)NC2CCS(=O)(=O)C2)CCO1. The van der Waals surface area contributed by atoms with Gasteiger partial charge in [0.1, 0.15) is 0 Å². The molecule has 2 fully saturated rings. The maximum absolute atomic E-state index is 12.0. The second kappa shape index (κ2) is 5.44. The molecule has 0 aromatic carbocycles. The Kier molecular flexibility index (Phi) is 4.11. The van der Waals surface area contributed by atoms with Gasteiger partial charge in [0, 0.05) is 19.1 Å². The van der Waals surface area contributed by atoms with Crippen LogP contribution in [0.3, 0.4) is 0 Å². The number of carbonyl (C=O) groups is 1. The predicted octanol–water partition coefficient (Wildman–Crippen LogP) is -0.00610. The van der Waals surface area contributed by atoms with Gasteiger partial charge >= 0.3 is 6.03 Å². The lowest BCUT2D eigenvalue weighted by molar-refractivity contribution is -0.0156. The second-order valence-electron chi connectivity index (χ2n) is 4.90. The van der Waals surface area contributed by atoms with E-state index in [2.05, 4.69) is 5.32 Å². The van der Waals surface area contributed by atoms with E-state index in [1.165, 1.54) is 0 Å². The third kappa shape index (κ3) is 3.35. The van der Waals surface area contributed by atoms with E-state index in [-0.39, 0.29) is 29.7 Å². The van der Waals surface area contributed by atoms with Crippen LogP contribution in [0.5, 0.6) is 0 Å². The van der Waals surface area contributed by atoms with Crippen molar-refractivity contribution in [2.24, 2.45) is 0 Å². The van der Waals surface area contributed by atoms with Crippen LogP contribution in [-0.2, 0) is 14.6 Å². The number of nitrogens with one attached hydrogen (secondary N) is 1. The molecule has 2 aliphatic heterocycles. The molecule has 0 radical (unpaired) electrons. The molecule has 0 saturated carbocycles. The fourth-order valence-electron chi connectivity index (χ4n) is 2.33. The number of morpholine rings is 1. The zero-order chi connectivity index (χ0) is 13.2. The van der Waals surface area contributed by atoms with Gasteiger partial charge in [0.05, 0.1) is 24.2 Å². The lowest BCUT2D eigenvalue weighted by atomic mass is 10.2. The summed E-state index contributed by atoms with van der Waals surface area (Å²) in [4.78, 5) is 13.7. The van der Waals surface area contributed by atoms with Crippen LogP contribution in [0.1, 0.15) is 19.8 Å². The van der Waals surface area contributed by atoms with Crippen LogP contribution < -0.4 is 5.32 Å². The maximum atomic E-state index is 12.0. The molecule has 104 valence electrons. The normalized spacial score (nSPS) is 31.3. The van der Waals surface area contributed by atoms with Crippen molar-refractivity contribution < 1.29 is 17.9 Å². The van der Waals surface area contributed by atoms with E-state index in [0.29, 0.717) is 26.1 Å². The first-order valence-corrected chi connectivity index (χ1v) is 8.20. The molecule has 0 bridgehead atoms. The van der Waals surface area contributed by atoms with Crippen molar-refractivity contribution in [2.45, 2.75) is 31.9 Å². The van der Waals surface area contributed by atoms with Crippen LogP contribution in [0.2, 0.25) is 0 Å². The van der Waals surface area contributed by atoms with Crippen molar-refractivity contribution in [2.75, 3.05) is 31.2 Å². The summed E-state index contributed by atoms with van der Waals surface area (Å²) in [6, 6.07) is -0.399. The highest BCUT2D eigenvalue weighted by Crippen LogP contribution is 2.13. The molecular formula is C11H20N2O4S. The van der Waals surface area contributed by atoms with Crippen LogP contribution >= 0.6 is 0 Å². The van der Waals surface area contributed by atoms with Gasteiger partial charge in [0.25, 0.3) is 0 Å². The van der Waals surface area contributed by atoms with Crippen molar-refractivity contribution in [3.05, 3.63) is 0 Å². The number of ether oxygens (including phenoxy) is 1. The first-order chi connectivity index (χ1) is 8.50. The molecule has 2 rings (SSSR count). The summed E-state index contributed by atoms with van der Waals surface area (Å²) in [5, 5.41) is 2.80. The minimum absolute atomic E-state index is 0.0697. The molecular weight excluding hydrogens is 256 g/mol. The highest BCUT2D eigenvalue weighted by Gasteiger charge is 2.31. The maximum Gasteiger partial charge on any atom is 0.317 e. The summed E-state index contributed by atoms with van der Waals surface area (Å²) < 4.78 is 28.1. The van der Waals surface area contributed by atoms with E-state index >= 15 is 0 Å². The Morgan fingerprint density at radius 2 is 2.28 bits per heavy atom. The third-order valence-electron chi connectivity index (χ3n) is 3.44. The van der Waals surface area contributed by atoms with Crippen LogP contribution in [0.15, 0.2) is 0 Å². The Hall–Kier alpha value is -0.820. The molecule has 18 heavy (non-hydrogen) atoms. The van der Waals surface area contributed by atoms with Crippen molar-refractivity contribution in [3.8, 4) is 0 Å². The highest BCUT2D eigenvalue weighted by molar-refractivity contribution is 7.91. The van der Waals surface area contributed by atoms with E-state index < -0.39 is 9.84 Å². The summed E-state index contributed by atoms with van der Waals surface area (Å²) in [6.07, 6.45) is 1.49. The molecule has 0 aliphatic carbocycles. The number of hydrogen-bond donors (Lipinski definition) is 1. The molecule has 2 aliphatic rings. The number of rotatable bonds is 2. The van der Waals surface area contributed by atoms with Crippen molar-refractivity contribution in [1.82, 2.24) is 10.2 Å². The Morgan fingerprint density at radius 1 is 1.50 bits per heavy atom. The topological polar surface area (TPSA) is 75.7 Å². The van der Waals surface area contributed by atoms with Crippen LogP contribution in [0.25, 0.3) is 0 Å². The molecule has 2 unspecified atom stereocenters. The van der Waals surface area contributed by atoms with Gasteiger partial charge < -0.3 is 15.0 Å². The zero-order valence-corrected chi connectivity index (χ0v) is 11.4. The van der Waals surface area contributed by atoms with Crippen LogP contribution in [0, 0.1) is 0 Å². The van der Waals surface area contributed by atoms with Crippen molar-refractivity contribution >= 4 is 15.9 Å². The van der Waals surface area contributed by atoms with Crippen LogP contribution in [-0.4, -0.2) is 62.7 Å². The average Bonchev–Trinajstić information content (AvgIpc) is 2.68. The fraction of sp³-hybridized carbons (Fsp3) is 0.909. The van der Waals surface area contributed by atoms with Gasteiger partial charge in [0.2, 0.25) is 0 Å². The summed E-state index contributed by atoms with van der Waals surface area (Å²) in [7, 11) is -2.95. The largest absolute Gasteiger partial charge is 0.375 e. The van der Waals surface area contributed by atoms with E-state index in [4.69, 9.17) is 4.74 Å². The smallest absolute Gasteiger partial charge is 0.317 e. The van der Waals surface area contributed by atoms with E-state index in [1.807, 2.05) is 6.92 Å². The zero-order valence-electron chi connectivity index (χ0n) is 10.6. The molecule has 2 atom stereocenters. The summed E-state index contributed by atoms with van der Waals surface area (Å²) in [5.41, 5.74) is 0. The summed E-state index contributed by atoms with van der Waals surface area (Å²) >= 11 is 0. The Morgan fingerprint density at radius 3 is 2.89 bits per heavy atom. The molecule has 2 saturated heterocycles. The minimum atomic E-state index is -2.95. The fourth-order valence-corrected chi connectivity index (χ4v) is 4.00. The number of carbonyl (C=O) groups excluding carboxylic acids is 1. The van der Waals surface area contributed by atoms with Gasteiger partial charge in [-0.15, -0.1) is 0 Å². The van der Waals surface area contributed by atoms with Gasteiger partial charge in [-0.05, 0) is 12.8 Å². The number of nitrogens with zero attached hydrogens (tertiary/aromatic N) is 1. The third-order valence-corrected chi connectivity index (χ3v) is 5.21. The Bertz CT molecular complexity index is 409. The average molecular weight is 276 g/mol. The van der Waals surface area contributed by atoms with E-state index in [9.17, 15) is 13.2 Å². The molecule has 6 nitrogen and oxygen atoms in total. The van der Waals surface area contributed by atoms with Gasteiger partial charge in [-0.2, -0.15) is 0 Å². The first-order valence-electron chi connectivity index (χ1n) is 6.37. The standard InChI is InChI=1S/C11H20N2O4S/c1-2-10-7-13(4-5-17-10)11(14)12-9-3-6-18(15,16)8-9/h9-10H,2-8H2,1H3,(H,12,14). The molecule has 1 N–H and O–H groups in total. The lowest BCUT2D eigenvalue weighted by Crippen LogP contribution is -2.51. The quantitative estimate of drug-likeness (QED) is 0.770. The highest BCUT2D eigenvalue weighted by atomic mass is 32.2. The second-order valence-corrected chi connectivity index (χ2v) is 7.13. The number of amides is 2. The summed E-state index contributed by atoms with van der Waals surface area (Å²) in [6.45, 7) is 3.73. The molecule has 0 aromatic heterocycles. The molecule has 7 heteroatoms. The monoisotopic (exact) mass is 276 g/mol. The molecule has 0 spiro atoms. The van der Waals surface area contributed by atoms with Crippen molar-refractivity contribution in [3.63, 3.8) is 0 Å². The first kappa shape index (κ1) is 13.6. The number of urea groups is 1. The number of sulfone groups is 1.